The van der Waals surface area contributed by atoms with Crippen molar-refractivity contribution in [2.24, 2.45) is 0 Å². The molecule has 1 saturated heterocycles. The van der Waals surface area contributed by atoms with Crippen LogP contribution in [0.2, 0.25) is 0 Å². The number of urea groups is 1. The lowest BCUT2D eigenvalue weighted by molar-refractivity contribution is 0.262. The van der Waals surface area contributed by atoms with Crippen molar-refractivity contribution in [3.8, 4) is 0 Å². The van der Waals surface area contributed by atoms with Gasteiger partial charge in [-0.2, -0.15) is 0 Å². The van der Waals surface area contributed by atoms with Gasteiger partial charge in [-0.1, -0.05) is 18.2 Å². The summed E-state index contributed by atoms with van der Waals surface area (Å²) >= 11 is 0. The molecule has 1 fully saturated rings. The van der Waals surface area contributed by atoms with E-state index in [0.717, 1.165) is 31.7 Å². The molecule has 2 aromatic carbocycles. The molecule has 138 valence electrons. The summed E-state index contributed by atoms with van der Waals surface area (Å²) in [7, 11) is 0. The Morgan fingerprint density at radius 3 is 2.44 bits per heavy atom. The van der Waals surface area contributed by atoms with Crippen molar-refractivity contribution in [3.63, 3.8) is 0 Å². The Kier molecular flexibility index (Phi) is 4.87. The highest BCUT2D eigenvalue weighted by Gasteiger charge is 2.14. The highest BCUT2D eigenvalue weighted by atomic mass is 19.1. The van der Waals surface area contributed by atoms with Crippen molar-refractivity contribution >= 4 is 34.1 Å². The maximum atomic E-state index is 14.6. The number of hydrogen-bond donors (Lipinski definition) is 2. The van der Waals surface area contributed by atoms with Crippen LogP contribution in [0.25, 0.3) is 10.9 Å². The average Bonchev–Trinajstić information content (AvgIpc) is 2.69. The van der Waals surface area contributed by atoms with Crippen molar-refractivity contribution in [1.82, 2.24) is 4.98 Å². The number of anilines is 3. The number of carbonyl (C=O) groups is 1. The minimum Gasteiger partial charge on any atom is -0.357 e. The molecule has 0 unspecified atom stereocenters. The van der Waals surface area contributed by atoms with Crippen LogP contribution in [0.4, 0.5) is 26.4 Å². The zero-order valence-corrected chi connectivity index (χ0v) is 14.9. The van der Waals surface area contributed by atoms with Crippen LogP contribution in [0.15, 0.2) is 54.6 Å². The molecular formula is C21H21FN4O. The van der Waals surface area contributed by atoms with Crippen LogP contribution < -0.4 is 15.5 Å². The molecule has 1 aliphatic rings. The third kappa shape index (κ3) is 4.00. The number of fused-ring (bicyclic) bond motifs is 1. The first kappa shape index (κ1) is 17.3. The quantitative estimate of drug-likeness (QED) is 0.687. The molecule has 2 N–H and O–H groups in total. The lowest BCUT2D eigenvalue weighted by Crippen LogP contribution is -2.30. The number of pyridine rings is 1. The van der Waals surface area contributed by atoms with Gasteiger partial charge in [0, 0.05) is 29.9 Å². The molecule has 6 heteroatoms. The van der Waals surface area contributed by atoms with E-state index in [1.807, 2.05) is 30.3 Å². The number of carbonyl (C=O) groups excluding carboxylic acids is 1. The topological polar surface area (TPSA) is 57.3 Å². The SMILES string of the molecule is O=C(Nc1ccccc1)Nc1cc(F)c2nc(N3CCCCC3)ccc2c1. The molecule has 4 rings (SSSR count). The fourth-order valence-corrected chi connectivity index (χ4v) is 3.37. The van der Waals surface area contributed by atoms with E-state index < -0.39 is 11.8 Å². The molecule has 2 heterocycles. The third-order valence-electron chi connectivity index (χ3n) is 4.70. The Bertz CT molecular complexity index is 955. The molecule has 0 saturated carbocycles. The zero-order chi connectivity index (χ0) is 18.6. The van der Waals surface area contributed by atoms with Gasteiger partial charge in [0.25, 0.3) is 0 Å². The number of hydrogen-bond acceptors (Lipinski definition) is 3. The number of rotatable bonds is 3. The highest BCUT2D eigenvalue weighted by molar-refractivity contribution is 6.01. The summed E-state index contributed by atoms with van der Waals surface area (Å²) in [5.74, 6) is 0.366. The van der Waals surface area contributed by atoms with Gasteiger partial charge in [0.15, 0.2) is 5.82 Å². The smallest absolute Gasteiger partial charge is 0.323 e. The molecule has 0 spiro atoms. The second-order valence-corrected chi connectivity index (χ2v) is 6.69. The van der Waals surface area contributed by atoms with E-state index in [0.29, 0.717) is 22.3 Å². The molecule has 0 radical (unpaired) electrons. The van der Waals surface area contributed by atoms with Crippen LogP contribution in [-0.4, -0.2) is 24.1 Å². The molecule has 0 atom stereocenters. The van der Waals surface area contributed by atoms with Gasteiger partial charge in [-0.3, -0.25) is 0 Å². The molecule has 3 aromatic rings. The maximum Gasteiger partial charge on any atom is 0.323 e. The second kappa shape index (κ2) is 7.61. The predicted octanol–water partition coefficient (Wildman–Crippen LogP) is 5.01. The summed E-state index contributed by atoms with van der Waals surface area (Å²) in [5.41, 5.74) is 1.39. The molecular weight excluding hydrogens is 343 g/mol. The van der Waals surface area contributed by atoms with Crippen molar-refractivity contribution in [3.05, 3.63) is 60.4 Å². The summed E-state index contributed by atoms with van der Waals surface area (Å²) in [4.78, 5) is 18.8. The first-order chi connectivity index (χ1) is 13.2. The Morgan fingerprint density at radius 2 is 1.67 bits per heavy atom. The fourth-order valence-electron chi connectivity index (χ4n) is 3.37. The first-order valence-electron chi connectivity index (χ1n) is 9.17. The van der Waals surface area contributed by atoms with Gasteiger partial charge in [0.05, 0.1) is 0 Å². The van der Waals surface area contributed by atoms with Crippen LogP contribution in [0, 0.1) is 5.82 Å². The van der Waals surface area contributed by atoms with Crippen LogP contribution in [0.3, 0.4) is 0 Å². The standard InChI is InChI=1S/C21H21FN4O/c22-18-14-17(24-21(27)23-16-7-3-1-4-8-16)13-15-9-10-19(25-20(15)18)26-11-5-2-6-12-26/h1,3-4,7-10,13-14H,2,5-6,11-12H2,(H2,23,24,27). The number of aromatic nitrogens is 1. The number of halogens is 1. The number of nitrogens with zero attached hydrogens (tertiary/aromatic N) is 2. The van der Waals surface area contributed by atoms with Gasteiger partial charge in [0.2, 0.25) is 0 Å². The minimum atomic E-state index is -0.443. The molecule has 5 nitrogen and oxygen atoms in total. The number of amides is 2. The van der Waals surface area contributed by atoms with Crippen molar-refractivity contribution in [2.45, 2.75) is 19.3 Å². The second-order valence-electron chi connectivity index (χ2n) is 6.69. The summed E-state index contributed by atoms with van der Waals surface area (Å²) in [6, 6.07) is 15.5. The van der Waals surface area contributed by atoms with Gasteiger partial charge < -0.3 is 15.5 Å². The Balaban J connectivity index is 1.53. The van der Waals surface area contributed by atoms with E-state index in [4.69, 9.17) is 0 Å². The first-order valence-corrected chi connectivity index (χ1v) is 9.17. The lowest BCUT2D eigenvalue weighted by atomic mass is 10.1. The molecule has 0 bridgehead atoms. The van der Waals surface area contributed by atoms with E-state index in [-0.39, 0.29) is 0 Å². The summed E-state index contributed by atoms with van der Waals surface area (Å²) in [6.45, 7) is 1.92. The Labute approximate surface area is 157 Å². The summed E-state index contributed by atoms with van der Waals surface area (Å²) < 4.78 is 14.6. The third-order valence-corrected chi connectivity index (χ3v) is 4.70. The fraction of sp³-hybridized carbons (Fsp3) is 0.238. The van der Waals surface area contributed by atoms with E-state index >= 15 is 0 Å². The number of nitrogens with one attached hydrogen (secondary N) is 2. The van der Waals surface area contributed by atoms with Crippen molar-refractivity contribution in [1.29, 1.82) is 0 Å². The summed E-state index contributed by atoms with van der Waals surface area (Å²) in [5, 5.41) is 6.05. The monoisotopic (exact) mass is 364 g/mol. The van der Waals surface area contributed by atoms with E-state index in [9.17, 15) is 9.18 Å². The van der Waals surface area contributed by atoms with Crippen LogP contribution in [-0.2, 0) is 0 Å². The molecule has 2 amide bonds. The molecule has 1 aliphatic heterocycles. The van der Waals surface area contributed by atoms with Crippen LogP contribution >= 0.6 is 0 Å². The maximum absolute atomic E-state index is 14.6. The normalized spacial score (nSPS) is 14.2. The van der Waals surface area contributed by atoms with E-state index in [1.165, 1.54) is 12.5 Å². The molecule has 1 aromatic heterocycles. The average molecular weight is 364 g/mol. The number of benzene rings is 2. The van der Waals surface area contributed by atoms with Crippen LogP contribution in [0.1, 0.15) is 19.3 Å². The Morgan fingerprint density at radius 1 is 0.926 bits per heavy atom. The lowest BCUT2D eigenvalue weighted by Gasteiger charge is -2.27. The largest absolute Gasteiger partial charge is 0.357 e. The van der Waals surface area contributed by atoms with E-state index in [2.05, 4.69) is 20.5 Å². The highest BCUT2D eigenvalue weighted by Crippen LogP contribution is 2.26. The molecule has 0 aliphatic carbocycles. The minimum absolute atomic E-state index is 0.326. The predicted molar refractivity (Wildman–Crippen MR) is 107 cm³/mol. The number of piperidine rings is 1. The Hall–Kier alpha value is -3.15. The van der Waals surface area contributed by atoms with Gasteiger partial charge >= 0.3 is 6.03 Å². The van der Waals surface area contributed by atoms with Crippen molar-refractivity contribution in [2.75, 3.05) is 28.6 Å². The number of para-hydroxylation sites is 1. The zero-order valence-electron chi connectivity index (χ0n) is 14.9. The van der Waals surface area contributed by atoms with Crippen LogP contribution in [0.5, 0.6) is 0 Å². The van der Waals surface area contributed by atoms with Crippen molar-refractivity contribution < 1.29 is 9.18 Å². The molecule has 27 heavy (non-hydrogen) atoms. The van der Waals surface area contributed by atoms with Gasteiger partial charge in [-0.05, 0) is 55.7 Å². The van der Waals surface area contributed by atoms with Gasteiger partial charge in [-0.15, -0.1) is 0 Å². The van der Waals surface area contributed by atoms with E-state index in [1.54, 1.807) is 18.2 Å². The van der Waals surface area contributed by atoms with Gasteiger partial charge in [0.1, 0.15) is 11.3 Å². The summed E-state index contributed by atoms with van der Waals surface area (Å²) in [6.07, 6.45) is 3.52. The van der Waals surface area contributed by atoms with Gasteiger partial charge in [-0.25, -0.2) is 14.2 Å².